The second-order valence-corrected chi connectivity index (χ2v) is 3.05. The first kappa shape index (κ1) is 9.38. The van der Waals surface area contributed by atoms with Gasteiger partial charge in [-0.3, -0.25) is 9.48 Å². The third-order valence-electron chi connectivity index (χ3n) is 1.96. The van der Waals surface area contributed by atoms with Gasteiger partial charge in [-0.15, -0.1) is 0 Å². The minimum absolute atomic E-state index is 0.0427. The number of aryl methyl sites for hydroxylation is 1. The van der Waals surface area contributed by atoms with Gasteiger partial charge >= 0.3 is 0 Å². The van der Waals surface area contributed by atoms with Crippen molar-refractivity contribution in [2.75, 3.05) is 11.9 Å². The highest BCUT2D eigenvalue weighted by Gasteiger charge is 2.07. The van der Waals surface area contributed by atoms with Gasteiger partial charge in [0, 0.05) is 7.05 Å². The smallest absolute Gasteiger partial charge is 0.236 e. The number of nitrogens with two attached hydrogens (primary N) is 1. The Morgan fingerprint density at radius 3 is 3.13 bits per heavy atom. The zero-order valence-electron chi connectivity index (χ0n) is 8.14. The molecule has 0 aliphatic rings. The first-order valence-electron chi connectivity index (χ1n) is 4.33. The number of hydrogen-bond acceptors (Lipinski definition) is 5. The van der Waals surface area contributed by atoms with E-state index in [9.17, 15) is 4.79 Å². The van der Waals surface area contributed by atoms with Gasteiger partial charge in [-0.05, 0) is 0 Å². The van der Waals surface area contributed by atoms with E-state index in [0.717, 1.165) is 5.39 Å². The maximum absolute atomic E-state index is 10.6. The van der Waals surface area contributed by atoms with E-state index in [2.05, 4.69) is 20.4 Å². The van der Waals surface area contributed by atoms with Crippen LogP contribution in [0.4, 0.5) is 5.82 Å². The van der Waals surface area contributed by atoms with Crippen LogP contribution >= 0.6 is 0 Å². The van der Waals surface area contributed by atoms with Crippen LogP contribution in [0.2, 0.25) is 0 Å². The number of anilines is 1. The van der Waals surface area contributed by atoms with Crippen LogP contribution in [0.5, 0.6) is 0 Å². The van der Waals surface area contributed by atoms with Crippen LogP contribution in [-0.2, 0) is 11.8 Å². The average Bonchev–Trinajstić information content (AvgIpc) is 2.58. The number of carbonyl (C=O) groups excluding carboxylic acids is 1. The zero-order valence-corrected chi connectivity index (χ0v) is 8.14. The molecular weight excluding hydrogens is 196 g/mol. The van der Waals surface area contributed by atoms with Crippen LogP contribution in [0.3, 0.4) is 0 Å². The van der Waals surface area contributed by atoms with Crippen LogP contribution in [0, 0.1) is 0 Å². The number of primary amides is 1. The fourth-order valence-corrected chi connectivity index (χ4v) is 1.27. The van der Waals surface area contributed by atoms with Crippen molar-refractivity contribution in [1.29, 1.82) is 0 Å². The van der Waals surface area contributed by atoms with E-state index in [4.69, 9.17) is 5.73 Å². The van der Waals surface area contributed by atoms with E-state index in [1.165, 1.54) is 6.33 Å². The van der Waals surface area contributed by atoms with E-state index in [1.807, 2.05) is 0 Å². The molecule has 0 aliphatic heterocycles. The lowest BCUT2D eigenvalue weighted by atomic mass is 10.4. The summed E-state index contributed by atoms with van der Waals surface area (Å²) in [6, 6.07) is 0. The third kappa shape index (κ3) is 1.71. The molecule has 0 aliphatic carbocycles. The van der Waals surface area contributed by atoms with Gasteiger partial charge in [0.15, 0.2) is 5.65 Å². The fraction of sp³-hybridized carbons (Fsp3) is 0.250. The minimum atomic E-state index is -0.439. The lowest BCUT2D eigenvalue weighted by molar-refractivity contribution is -0.116. The number of carbonyl (C=O) groups is 1. The largest absolute Gasteiger partial charge is 0.368 e. The van der Waals surface area contributed by atoms with Gasteiger partial charge in [0.25, 0.3) is 0 Å². The van der Waals surface area contributed by atoms with E-state index >= 15 is 0 Å². The Bertz CT molecular complexity index is 505. The van der Waals surface area contributed by atoms with Crippen molar-refractivity contribution in [2.24, 2.45) is 12.8 Å². The summed E-state index contributed by atoms with van der Waals surface area (Å²) in [4.78, 5) is 18.7. The molecule has 15 heavy (non-hydrogen) atoms. The molecule has 0 saturated carbocycles. The predicted molar refractivity (Wildman–Crippen MR) is 54.0 cm³/mol. The first-order valence-corrected chi connectivity index (χ1v) is 4.33. The van der Waals surface area contributed by atoms with Gasteiger partial charge in [0.1, 0.15) is 12.1 Å². The predicted octanol–water partition coefficient (Wildman–Crippen LogP) is -0.740. The zero-order chi connectivity index (χ0) is 10.8. The molecule has 0 unspecified atom stereocenters. The lowest BCUT2D eigenvalue weighted by Gasteiger charge is -2.02. The van der Waals surface area contributed by atoms with Gasteiger partial charge in [-0.25, -0.2) is 9.97 Å². The molecule has 2 aromatic heterocycles. The molecule has 2 aromatic rings. The van der Waals surface area contributed by atoms with Crippen LogP contribution in [-0.4, -0.2) is 32.2 Å². The van der Waals surface area contributed by atoms with Crippen LogP contribution < -0.4 is 11.1 Å². The number of fused-ring (bicyclic) bond motifs is 1. The van der Waals surface area contributed by atoms with Crippen molar-refractivity contribution in [3.05, 3.63) is 12.5 Å². The van der Waals surface area contributed by atoms with Crippen molar-refractivity contribution in [3.63, 3.8) is 0 Å². The highest BCUT2D eigenvalue weighted by atomic mass is 16.1. The van der Waals surface area contributed by atoms with Gasteiger partial charge in [0.2, 0.25) is 5.91 Å². The summed E-state index contributed by atoms with van der Waals surface area (Å²) in [7, 11) is 1.78. The Labute approximate surface area is 85.3 Å². The van der Waals surface area contributed by atoms with E-state index in [0.29, 0.717) is 11.5 Å². The third-order valence-corrected chi connectivity index (χ3v) is 1.96. The molecule has 0 bridgehead atoms. The van der Waals surface area contributed by atoms with Gasteiger partial charge in [-0.2, -0.15) is 5.10 Å². The number of nitrogens with zero attached hydrogens (tertiary/aromatic N) is 4. The molecule has 0 spiro atoms. The normalized spacial score (nSPS) is 10.5. The number of nitrogens with one attached hydrogen (secondary N) is 1. The first-order chi connectivity index (χ1) is 7.18. The Kier molecular flexibility index (Phi) is 2.20. The molecule has 0 saturated heterocycles. The SMILES string of the molecule is Cn1ncc2c(NCC(N)=O)ncnc21. The highest BCUT2D eigenvalue weighted by Crippen LogP contribution is 2.16. The molecule has 0 radical (unpaired) electrons. The number of amides is 1. The summed E-state index contributed by atoms with van der Waals surface area (Å²) in [5.74, 6) is 0.123. The minimum Gasteiger partial charge on any atom is -0.368 e. The molecule has 7 heteroatoms. The quantitative estimate of drug-likeness (QED) is 0.689. The Morgan fingerprint density at radius 1 is 1.60 bits per heavy atom. The summed E-state index contributed by atoms with van der Waals surface area (Å²) in [5.41, 5.74) is 5.73. The van der Waals surface area contributed by atoms with Gasteiger partial charge in [-0.1, -0.05) is 0 Å². The van der Waals surface area contributed by atoms with Crippen molar-refractivity contribution in [3.8, 4) is 0 Å². The highest BCUT2D eigenvalue weighted by molar-refractivity contribution is 5.88. The van der Waals surface area contributed by atoms with Crippen molar-refractivity contribution < 1.29 is 4.79 Å². The number of hydrogen-bond donors (Lipinski definition) is 2. The molecule has 7 nitrogen and oxygen atoms in total. The Balaban J connectivity index is 2.38. The van der Waals surface area contributed by atoms with Crippen LogP contribution in [0.1, 0.15) is 0 Å². The summed E-state index contributed by atoms with van der Waals surface area (Å²) in [6.07, 6.45) is 3.05. The van der Waals surface area contributed by atoms with E-state index < -0.39 is 5.91 Å². The van der Waals surface area contributed by atoms with Gasteiger partial charge < -0.3 is 11.1 Å². The Hall–Kier alpha value is -2.18. The molecule has 0 aromatic carbocycles. The second kappa shape index (κ2) is 3.52. The standard InChI is InChI=1S/C8H10N6O/c1-14-8-5(2-13-14)7(11-4-12-8)10-3-6(9)15/h2,4H,3H2,1H3,(H2,9,15)(H,10,11,12). The molecule has 2 heterocycles. The molecule has 78 valence electrons. The molecule has 1 amide bonds. The van der Waals surface area contributed by atoms with E-state index in [-0.39, 0.29) is 6.54 Å². The Morgan fingerprint density at radius 2 is 2.40 bits per heavy atom. The molecule has 0 atom stereocenters. The number of rotatable bonds is 3. The molecular formula is C8H10N6O. The van der Waals surface area contributed by atoms with Crippen LogP contribution in [0.25, 0.3) is 11.0 Å². The maximum atomic E-state index is 10.6. The van der Waals surface area contributed by atoms with Crippen molar-refractivity contribution in [2.45, 2.75) is 0 Å². The monoisotopic (exact) mass is 206 g/mol. The van der Waals surface area contributed by atoms with Crippen molar-refractivity contribution >= 4 is 22.8 Å². The fourth-order valence-electron chi connectivity index (χ4n) is 1.27. The van der Waals surface area contributed by atoms with Crippen LogP contribution in [0.15, 0.2) is 12.5 Å². The van der Waals surface area contributed by atoms with Crippen molar-refractivity contribution in [1.82, 2.24) is 19.7 Å². The topological polar surface area (TPSA) is 98.7 Å². The summed E-state index contributed by atoms with van der Waals surface area (Å²) in [6.45, 7) is 0.0427. The van der Waals surface area contributed by atoms with Gasteiger partial charge in [0.05, 0.1) is 18.1 Å². The molecule has 3 N–H and O–H groups in total. The van der Waals surface area contributed by atoms with E-state index in [1.54, 1.807) is 17.9 Å². The summed E-state index contributed by atoms with van der Waals surface area (Å²) < 4.78 is 1.63. The summed E-state index contributed by atoms with van der Waals surface area (Å²) in [5, 5.41) is 7.63. The molecule has 2 rings (SSSR count). The maximum Gasteiger partial charge on any atom is 0.236 e. The average molecular weight is 206 g/mol. The summed E-state index contributed by atoms with van der Waals surface area (Å²) >= 11 is 0. The molecule has 0 fully saturated rings. The lowest BCUT2D eigenvalue weighted by Crippen LogP contribution is -2.22. The second-order valence-electron chi connectivity index (χ2n) is 3.05. The number of aromatic nitrogens is 4.